The molecule has 0 aliphatic rings. The van der Waals surface area contributed by atoms with Crippen molar-refractivity contribution < 1.29 is 22.7 Å². The first-order valence-corrected chi connectivity index (χ1v) is 9.66. The van der Waals surface area contributed by atoms with Crippen molar-refractivity contribution in [1.82, 2.24) is 4.57 Å². The number of hydrogen-bond acceptors (Lipinski definition) is 5. The molecule has 0 aliphatic heterocycles. The molecule has 1 aromatic heterocycles. The molecule has 0 spiro atoms. The first-order chi connectivity index (χ1) is 13.7. The van der Waals surface area contributed by atoms with Gasteiger partial charge in [-0.05, 0) is 61.6 Å². The Labute approximate surface area is 173 Å². The van der Waals surface area contributed by atoms with Gasteiger partial charge in [0, 0.05) is 11.4 Å². The van der Waals surface area contributed by atoms with Crippen molar-refractivity contribution in [3.63, 3.8) is 0 Å². The van der Waals surface area contributed by atoms with Crippen LogP contribution in [0.25, 0.3) is 5.69 Å². The summed E-state index contributed by atoms with van der Waals surface area (Å²) in [5.41, 5.74) is 5.92. The number of nitrogens with zero attached hydrogens (tertiary/aromatic N) is 1. The average molecular weight is 439 g/mol. The fourth-order valence-electron chi connectivity index (χ4n) is 2.61. The molecule has 10 heteroatoms. The molecular weight excluding hydrogens is 423 g/mol. The number of amides is 1. The number of benzene rings is 2. The molecule has 29 heavy (non-hydrogen) atoms. The molecule has 0 atom stereocenters. The van der Waals surface area contributed by atoms with Crippen LogP contribution in [0.5, 0.6) is 5.75 Å². The zero-order valence-electron chi connectivity index (χ0n) is 15.1. The number of carbonyl (C=O) groups excluding carboxylic acids is 1. The molecule has 1 amide bonds. The van der Waals surface area contributed by atoms with Crippen LogP contribution < -0.4 is 15.8 Å². The number of ether oxygens (including phenoxy) is 1. The van der Waals surface area contributed by atoms with Gasteiger partial charge >= 0.3 is 6.18 Å². The topological polar surface area (TPSA) is 69.3 Å². The number of hydrogen-bond donors (Lipinski definition) is 2. The van der Waals surface area contributed by atoms with E-state index in [4.69, 9.17) is 22.7 Å². The van der Waals surface area contributed by atoms with Gasteiger partial charge in [-0.1, -0.05) is 17.4 Å². The van der Waals surface area contributed by atoms with Crippen molar-refractivity contribution in [3.05, 3.63) is 62.9 Å². The van der Waals surface area contributed by atoms with Crippen LogP contribution in [-0.2, 0) is 6.18 Å². The smallest absolute Gasteiger partial charge is 0.416 e. The average Bonchev–Trinajstić information content (AvgIpc) is 2.97. The Kier molecular flexibility index (Phi) is 5.94. The number of nitrogens with one attached hydrogen (secondary N) is 1. The Morgan fingerprint density at radius 2 is 1.93 bits per heavy atom. The molecule has 0 saturated carbocycles. The van der Waals surface area contributed by atoms with Crippen molar-refractivity contribution in [2.75, 3.05) is 17.7 Å². The lowest BCUT2D eigenvalue weighted by Gasteiger charge is -2.10. The minimum atomic E-state index is -4.51. The number of anilines is 2. The van der Waals surface area contributed by atoms with E-state index < -0.39 is 17.6 Å². The quantitative estimate of drug-likeness (QED) is 0.514. The number of aromatic nitrogens is 1. The summed E-state index contributed by atoms with van der Waals surface area (Å²) in [5, 5.41) is 2.44. The second-order valence-corrected chi connectivity index (χ2v) is 7.52. The van der Waals surface area contributed by atoms with Crippen molar-refractivity contribution in [2.45, 2.75) is 13.1 Å². The Morgan fingerprint density at radius 1 is 1.24 bits per heavy atom. The summed E-state index contributed by atoms with van der Waals surface area (Å²) in [6, 6.07) is 11.4. The third-order valence-electron chi connectivity index (χ3n) is 3.91. The van der Waals surface area contributed by atoms with Gasteiger partial charge in [0.2, 0.25) is 0 Å². The molecule has 3 aromatic rings. The van der Waals surface area contributed by atoms with Crippen LogP contribution in [0, 0.1) is 3.95 Å². The predicted molar refractivity (Wildman–Crippen MR) is 109 cm³/mol. The SMILES string of the molecule is CCOc1ccc(-n2c(N)c(C(=O)Nc3cccc(C(F)(F)F)c3)sc2=S)cc1. The van der Waals surface area contributed by atoms with Crippen LogP contribution in [0.3, 0.4) is 0 Å². The lowest BCUT2D eigenvalue weighted by atomic mass is 10.2. The second kappa shape index (κ2) is 8.26. The minimum absolute atomic E-state index is 0.0103. The molecule has 3 N–H and O–H groups in total. The molecule has 0 unspecified atom stereocenters. The molecule has 0 radical (unpaired) electrons. The summed E-state index contributed by atoms with van der Waals surface area (Å²) in [6.07, 6.45) is -4.51. The van der Waals surface area contributed by atoms with Crippen LogP contribution >= 0.6 is 23.6 Å². The molecule has 0 aliphatic carbocycles. The van der Waals surface area contributed by atoms with Crippen LogP contribution in [0.4, 0.5) is 24.7 Å². The van der Waals surface area contributed by atoms with E-state index >= 15 is 0 Å². The molecule has 2 aromatic carbocycles. The Bertz CT molecular complexity index is 1090. The number of rotatable bonds is 5. The Balaban J connectivity index is 1.88. The number of nitrogens with two attached hydrogens (primary N) is 1. The van der Waals surface area contributed by atoms with E-state index in [1.807, 2.05) is 6.92 Å². The van der Waals surface area contributed by atoms with Crippen LogP contribution in [0.1, 0.15) is 22.2 Å². The summed E-state index contributed by atoms with van der Waals surface area (Å²) < 4.78 is 45.8. The highest BCUT2D eigenvalue weighted by molar-refractivity contribution is 7.73. The molecule has 0 bridgehead atoms. The van der Waals surface area contributed by atoms with Gasteiger partial charge in [0.25, 0.3) is 5.91 Å². The van der Waals surface area contributed by atoms with Gasteiger partial charge in [-0.15, -0.1) is 0 Å². The van der Waals surface area contributed by atoms with Crippen molar-refractivity contribution in [1.29, 1.82) is 0 Å². The van der Waals surface area contributed by atoms with Gasteiger partial charge < -0.3 is 15.8 Å². The van der Waals surface area contributed by atoms with Gasteiger partial charge in [0.05, 0.1) is 12.2 Å². The fourth-order valence-corrected chi connectivity index (χ4v) is 3.87. The van der Waals surface area contributed by atoms with E-state index in [0.29, 0.717) is 22.0 Å². The van der Waals surface area contributed by atoms with E-state index in [2.05, 4.69) is 5.32 Å². The third-order valence-corrected chi connectivity index (χ3v) is 5.29. The van der Waals surface area contributed by atoms with Crippen molar-refractivity contribution in [2.24, 2.45) is 0 Å². The monoisotopic (exact) mass is 439 g/mol. The van der Waals surface area contributed by atoms with Gasteiger partial charge in [-0.3, -0.25) is 9.36 Å². The maximum Gasteiger partial charge on any atom is 0.416 e. The number of thiazole rings is 1. The number of halogens is 3. The zero-order chi connectivity index (χ0) is 21.2. The maximum atomic E-state index is 12.9. The van der Waals surface area contributed by atoms with Crippen LogP contribution in [0.2, 0.25) is 0 Å². The lowest BCUT2D eigenvalue weighted by molar-refractivity contribution is -0.137. The Morgan fingerprint density at radius 3 is 2.55 bits per heavy atom. The lowest BCUT2D eigenvalue weighted by Crippen LogP contribution is -2.14. The van der Waals surface area contributed by atoms with Crippen LogP contribution in [0.15, 0.2) is 48.5 Å². The second-order valence-electron chi connectivity index (χ2n) is 5.88. The zero-order valence-corrected chi connectivity index (χ0v) is 16.8. The first kappa shape index (κ1) is 20.9. The molecule has 3 rings (SSSR count). The van der Waals surface area contributed by atoms with Gasteiger partial charge in [0.15, 0.2) is 3.95 Å². The van der Waals surface area contributed by atoms with E-state index in [9.17, 15) is 18.0 Å². The summed E-state index contributed by atoms with van der Waals surface area (Å²) in [6.45, 7) is 2.40. The van der Waals surface area contributed by atoms with Crippen molar-refractivity contribution >= 4 is 41.0 Å². The fraction of sp³-hybridized carbons (Fsp3) is 0.158. The first-order valence-electron chi connectivity index (χ1n) is 8.44. The largest absolute Gasteiger partial charge is 0.494 e. The number of carbonyl (C=O) groups is 1. The maximum absolute atomic E-state index is 12.9. The highest BCUT2D eigenvalue weighted by Crippen LogP contribution is 2.32. The summed E-state index contributed by atoms with van der Waals surface area (Å²) in [4.78, 5) is 12.7. The highest BCUT2D eigenvalue weighted by atomic mass is 32.1. The highest BCUT2D eigenvalue weighted by Gasteiger charge is 2.30. The molecular formula is C19H16F3N3O2S2. The molecule has 5 nitrogen and oxygen atoms in total. The number of alkyl halides is 3. The summed E-state index contributed by atoms with van der Waals surface area (Å²) in [5.74, 6) is 0.148. The van der Waals surface area contributed by atoms with E-state index in [1.165, 1.54) is 16.7 Å². The molecule has 1 heterocycles. The summed E-state index contributed by atoms with van der Waals surface area (Å²) in [7, 11) is 0. The van der Waals surface area contributed by atoms with E-state index in [-0.39, 0.29) is 16.4 Å². The molecule has 0 saturated heterocycles. The van der Waals surface area contributed by atoms with E-state index in [1.54, 1.807) is 24.3 Å². The van der Waals surface area contributed by atoms with Crippen molar-refractivity contribution in [3.8, 4) is 11.4 Å². The molecule has 0 fully saturated rings. The molecule has 152 valence electrons. The normalized spacial score (nSPS) is 11.3. The van der Waals surface area contributed by atoms with Gasteiger partial charge in [0.1, 0.15) is 16.4 Å². The predicted octanol–water partition coefficient (Wildman–Crippen LogP) is 5.52. The van der Waals surface area contributed by atoms with Gasteiger partial charge in [-0.25, -0.2) is 0 Å². The Hall–Kier alpha value is -2.85. The van der Waals surface area contributed by atoms with Gasteiger partial charge in [-0.2, -0.15) is 13.2 Å². The summed E-state index contributed by atoms with van der Waals surface area (Å²) >= 11 is 6.30. The standard InChI is InChI=1S/C19H16F3N3O2S2/c1-2-27-14-8-6-13(7-9-14)25-16(23)15(29-18(25)28)17(26)24-12-5-3-4-11(10-12)19(20,21)22/h3-10H,2,23H2,1H3,(H,24,26). The van der Waals surface area contributed by atoms with Crippen LogP contribution in [-0.4, -0.2) is 17.1 Å². The third kappa shape index (κ3) is 4.60. The van der Waals surface area contributed by atoms with E-state index in [0.717, 1.165) is 23.5 Å². The minimum Gasteiger partial charge on any atom is -0.494 e. The number of nitrogen functional groups attached to an aromatic ring is 1.